The Balaban J connectivity index is 4.34. The quantitative estimate of drug-likeness (QED) is 0.372. The van der Waals surface area contributed by atoms with Gasteiger partial charge in [0.1, 0.15) is 0 Å². The summed E-state index contributed by atoms with van der Waals surface area (Å²) in [7, 11) is 0. The second-order valence-corrected chi connectivity index (χ2v) is 1.89. The van der Waals surface area contributed by atoms with E-state index in [1.165, 1.54) is 6.92 Å². The van der Waals surface area contributed by atoms with Gasteiger partial charge in [-0.2, -0.15) is 13.2 Å². The van der Waals surface area contributed by atoms with Gasteiger partial charge in [-0.25, -0.2) is 0 Å². The summed E-state index contributed by atoms with van der Waals surface area (Å²) in [4.78, 5) is 0. The fourth-order valence-corrected chi connectivity index (χ4v) is 0.508. The molecule has 1 atom stereocenters. The van der Waals surface area contributed by atoms with Gasteiger partial charge in [-0.15, -0.1) is 0 Å². The second kappa shape index (κ2) is 3.56. The highest BCUT2D eigenvalue weighted by atomic mass is 19.4. The van der Waals surface area contributed by atoms with Crippen LogP contribution in [0.3, 0.4) is 0 Å². The third-order valence-electron chi connectivity index (χ3n) is 1.12. The molecule has 0 spiro atoms. The van der Waals surface area contributed by atoms with E-state index < -0.39 is 18.0 Å². The van der Waals surface area contributed by atoms with Gasteiger partial charge >= 0.3 is 6.18 Å². The lowest BCUT2D eigenvalue weighted by Crippen LogP contribution is -2.36. The van der Waals surface area contributed by atoms with Crippen molar-refractivity contribution in [1.82, 2.24) is 0 Å². The molecule has 2 N–H and O–H groups in total. The van der Waals surface area contributed by atoms with E-state index in [4.69, 9.17) is 10.3 Å². The molecule has 0 amide bonds. The minimum Gasteiger partial charge on any atom is -0.411 e. The average molecular weight is 171 g/mol. The highest BCUT2D eigenvalue weighted by Crippen LogP contribution is 2.21. The maximum atomic E-state index is 11.6. The Morgan fingerprint density at radius 2 is 2.00 bits per heavy atom. The van der Waals surface area contributed by atoms with E-state index >= 15 is 0 Å². The molecule has 0 saturated heterocycles. The third-order valence-corrected chi connectivity index (χ3v) is 1.12. The highest BCUT2D eigenvalue weighted by molar-refractivity contribution is 5.88. The van der Waals surface area contributed by atoms with Gasteiger partial charge < -0.3 is 10.3 Å². The standard InChI is InChI=1S/C5H8F3NO2/c1-2-3(9-11)4(10)5(6,7)8/h4,10-11H,2H2,1H3/b9-3-. The Kier molecular flexibility index (Phi) is 3.31. The molecule has 0 heterocycles. The van der Waals surface area contributed by atoms with Crippen LogP contribution >= 0.6 is 0 Å². The first-order chi connectivity index (χ1) is 4.93. The van der Waals surface area contributed by atoms with Gasteiger partial charge in [0, 0.05) is 0 Å². The number of rotatable bonds is 2. The Morgan fingerprint density at radius 3 is 2.09 bits per heavy atom. The van der Waals surface area contributed by atoms with Gasteiger partial charge in [0.15, 0.2) is 6.10 Å². The number of hydrogen-bond donors (Lipinski definition) is 2. The van der Waals surface area contributed by atoms with Crippen molar-refractivity contribution >= 4 is 5.71 Å². The largest absolute Gasteiger partial charge is 0.419 e. The molecule has 0 aromatic heterocycles. The smallest absolute Gasteiger partial charge is 0.411 e. The van der Waals surface area contributed by atoms with E-state index in [0.29, 0.717) is 0 Å². The number of halogens is 3. The lowest BCUT2D eigenvalue weighted by atomic mass is 10.2. The van der Waals surface area contributed by atoms with E-state index in [-0.39, 0.29) is 6.42 Å². The maximum Gasteiger partial charge on any atom is 0.419 e. The molecule has 0 saturated carbocycles. The number of aliphatic hydroxyl groups is 1. The van der Waals surface area contributed by atoms with Gasteiger partial charge in [-0.05, 0) is 6.42 Å². The van der Waals surface area contributed by atoms with Crippen LogP contribution in [0.15, 0.2) is 5.16 Å². The van der Waals surface area contributed by atoms with Crippen LogP contribution in [0.25, 0.3) is 0 Å². The van der Waals surface area contributed by atoms with E-state index in [0.717, 1.165) is 0 Å². The molecule has 11 heavy (non-hydrogen) atoms. The number of oxime groups is 1. The molecule has 0 aromatic rings. The van der Waals surface area contributed by atoms with Gasteiger partial charge in [-0.3, -0.25) is 0 Å². The minimum absolute atomic E-state index is 0.142. The van der Waals surface area contributed by atoms with Crippen molar-refractivity contribution in [3.8, 4) is 0 Å². The first-order valence-corrected chi connectivity index (χ1v) is 2.89. The molecule has 0 aliphatic heterocycles. The monoisotopic (exact) mass is 171 g/mol. The van der Waals surface area contributed by atoms with Crippen LogP contribution < -0.4 is 0 Å². The average Bonchev–Trinajstić information content (AvgIpc) is 1.88. The predicted octanol–water partition coefficient (Wildman–Crippen LogP) is 1.15. The fraction of sp³-hybridized carbons (Fsp3) is 0.800. The molecule has 0 bridgehead atoms. The van der Waals surface area contributed by atoms with Crippen LogP contribution in [0.4, 0.5) is 13.2 Å². The topological polar surface area (TPSA) is 52.8 Å². The zero-order valence-electron chi connectivity index (χ0n) is 5.76. The van der Waals surface area contributed by atoms with Crippen molar-refractivity contribution in [2.75, 3.05) is 0 Å². The van der Waals surface area contributed by atoms with Crippen molar-refractivity contribution in [2.45, 2.75) is 25.6 Å². The first-order valence-electron chi connectivity index (χ1n) is 2.89. The van der Waals surface area contributed by atoms with E-state index in [1.807, 2.05) is 0 Å². The summed E-state index contributed by atoms with van der Waals surface area (Å²) in [5.74, 6) is 0. The lowest BCUT2D eigenvalue weighted by Gasteiger charge is -2.13. The molecular weight excluding hydrogens is 163 g/mol. The summed E-state index contributed by atoms with van der Waals surface area (Å²) in [5.41, 5.74) is -0.683. The van der Waals surface area contributed by atoms with Gasteiger partial charge in [0.25, 0.3) is 0 Å². The summed E-state index contributed by atoms with van der Waals surface area (Å²) in [5, 5.41) is 18.7. The van der Waals surface area contributed by atoms with Gasteiger partial charge in [0.2, 0.25) is 0 Å². The van der Waals surface area contributed by atoms with Gasteiger partial charge in [0.05, 0.1) is 5.71 Å². The normalized spacial score (nSPS) is 16.6. The van der Waals surface area contributed by atoms with E-state index in [9.17, 15) is 13.2 Å². The van der Waals surface area contributed by atoms with Gasteiger partial charge in [-0.1, -0.05) is 12.1 Å². The third kappa shape index (κ3) is 2.75. The van der Waals surface area contributed by atoms with Crippen molar-refractivity contribution in [1.29, 1.82) is 0 Å². The molecule has 0 rings (SSSR count). The second-order valence-electron chi connectivity index (χ2n) is 1.89. The van der Waals surface area contributed by atoms with Crippen molar-refractivity contribution in [3.05, 3.63) is 0 Å². The molecule has 0 aliphatic carbocycles. The summed E-state index contributed by atoms with van der Waals surface area (Å²) in [6.07, 6.45) is -7.55. The molecule has 66 valence electrons. The Morgan fingerprint density at radius 1 is 1.55 bits per heavy atom. The van der Waals surface area contributed by atoms with Crippen LogP contribution in [0.1, 0.15) is 13.3 Å². The Labute approximate surface area is 61.1 Å². The predicted molar refractivity (Wildman–Crippen MR) is 31.6 cm³/mol. The summed E-state index contributed by atoms with van der Waals surface area (Å²) in [6, 6.07) is 0. The minimum atomic E-state index is -4.75. The van der Waals surface area contributed by atoms with Crippen molar-refractivity contribution < 1.29 is 23.5 Å². The lowest BCUT2D eigenvalue weighted by molar-refractivity contribution is -0.181. The van der Waals surface area contributed by atoms with Crippen LogP contribution in [0, 0.1) is 0 Å². The highest BCUT2D eigenvalue weighted by Gasteiger charge is 2.41. The molecule has 3 nitrogen and oxygen atoms in total. The molecule has 0 fully saturated rings. The molecule has 1 unspecified atom stereocenters. The van der Waals surface area contributed by atoms with Crippen molar-refractivity contribution in [2.24, 2.45) is 5.16 Å². The van der Waals surface area contributed by atoms with Crippen LogP contribution in [0.5, 0.6) is 0 Å². The van der Waals surface area contributed by atoms with E-state index in [1.54, 1.807) is 0 Å². The molecular formula is C5H8F3NO2. The summed E-state index contributed by atoms with van der Waals surface area (Å²) in [6.45, 7) is 1.35. The number of aliphatic hydroxyl groups excluding tert-OH is 1. The zero-order chi connectivity index (χ0) is 9.07. The van der Waals surface area contributed by atoms with Crippen LogP contribution in [0.2, 0.25) is 0 Å². The van der Waals surface area contributed by atoms with Crippen molar-refractivity contribution in [3.63, 3.8) is 0 Å². The zero-order valence-corrected chi connectivity index (χ0v) is 5.76. The molecule has 0 aliphatic rings. The molecule has 0 radical (unpaired) electrons. The Hall–Kier alpha value is -0.780. The SMILES string of the molecule is CC/C(=N/O)C(O)C(F)(F)F. The summed E-state index contributed by atoms with van der Waals surface area (Å²) >= 11 is 0. The maximum absolute atomic E-state index is 11.6. The summed E-state index contributed by atoms with van der Waals surface area (Å²) < 4.78 is 34.9. The number of alkyl halides is 3. The first kappa shape index (κ1) is 10.2. The molecule has 0 aromatic carbocycles. The van der Waals surface area contributed by atoms with Crippen LogP contribution in [-0.2, 0) is 0 Å². The number of hydrogen-bond acceptors (Lipinski definition) is 3. The fourth-order valence-electron chi connectivity index (χ4n) is 0.508. The van der Waals surface area contributed by atoms with E-state index in [2.05, 4.69) is 5.16 Å². The molecule has 6 heteroatoms. The Bertz CT molecular complexity index is 154. The number of nitrogens with zero attached hydrogens (tertiary/aromatic N) is 1. The van der Waals surface area contributed by atoms with Crippen LogP contribution in [-0.4, -0.2) is 28.3 Å².